The average molecular weight is 305 g/mol. The Bertz CT molecular complexity index is 514. The van der Waals surface area contributed by atoms with Crippen LogP contribution in [0, 0.1) is 5.41 Å². The lowest BCUT2D eigenvalue weighted by atomic mass is 9.56. The summed E-state index contributed by atoms with van der Waals surface area (Å²) in [6, 6.07) is 9.67. The minimum Gasteiger partial charge on any atom is -0.387 e. The second-order valence-corrected chi connectivity index (χ2v) is 6.75. The highest BCUT2D eigenvalue weighted by Gasteiger charge is 2.59. The van der Waals surface area contributed by atoms with E-state index >= 15 is 0 Å². The van der Waals surface area contributed by atoms with Gasteiger partial charge in [-0.1, -0.05) is 44.2 Å². The van der Waals surface area contributed by atoms with E-state index in [4.69, 9.17) is 4.74 Å². The van der Waals surface area contributed by atoms with Crippen LogP contribution < -0.4 is 5.32 Å². The first kappa shape index (κ1) is 17.0. The molecule has 1 aliphatic rings. The van der Waals surface area contributed by atoms with Gasteiger partial charge in [-0.2, -0.15) is 0 Å². The predicted molar refractivity (Wildman–Crippen MR) is 86.6 cm³/mol. The molecule has 0 aliphatic heterocycles. The fourth-order valence-corrected chi connectivity index (χ4v) is 3.04. The molecule has 2 N–H and O–H groups in total. The monoisotopic (exact) mass is 305 g/mol. The van der Waals surface area contributed by atoms with Gasteiger partial charge in [0.1, 0.15) is 0 Å². The smallest absolute Gasteiger partial charge is 0.227 e. The van der Waals surface area contributed by atoms with Crippen LogP contribution in [0.5, 0.6) is 0 Å². The van der Waals surface area contributed by atoms with Gasteiger partial charge in [0.2, 0.25) is 5.91 Å². The van der Waals surface area contributed by atoms with Gasteiger partial charge < -0.3 is 15.2 Å². The second-order valence-electron chi connectivity index (χ2n) is 6.75. The molecular formula is C18H27NO3. The van der Waals surface area contributed by atoms with Crippen molar-refractivity contribution in [2.45, 2.75) is 51.7 Å². The molecule has 1 amide bonds. The number of nitrogens with one attached hydrogen (secondary N) is 1. The van der Waals surface area contributed by atoms with Crippen molar-refractivity contribution < 1.29 is 14.6 Å². The summed E-state index contributed by atoms with van der Waals surface area (Å²) in [4.78, 5) is 12.3. The molecule has 4 nitrogen and oxygen atoms in total. The van der Waals surface area contributed by atoms with Crippen molar-refractivity contribution in [3.05, 3.63) is 35.9 Å². The molecule has 0 unspecified atom stereocenters. The number of rotatable bonds is 6. The number of amides is 1. The van der Waals surface area contributed by atoms with Crippen LogP contribution in [-0.2, 0) is 9.53 Å². The molecule has 0 aromatic heterocycles. The average Bonchev–Trinajstić information content (AvgIpc) is 2.52. The van der Waals surface area contributed by atoms with Gasteiger partial charge >= 0.3 is 0 Å². The normalized spacial score (nSPS) is 27.8. The van der Waals surface area contributed by atoms with E-state index in [-0.39, 0.29) is 29.9 Å². The van der Waals surface area contributed by atoms with Crippen LogP contribution in [0.3, 0.4) is 0 Å². The Kier molecular flexibility index (Phi) is 4.93. The van der Waals surface area contributed by atoms with E-state index in [2.05, 4.69) is 5.32 Å². The molecule has 0 spiro atoms. The third-order valence-corrected chi connectivity index (χ3v) is 5.14. The maximum atomic E-state index is 12.3. The van der Waals surface area contributed by atoms with Crippen molar-refractivity contribution in [2.24, 2.45) is 5.41 Å². The molecule has 0 saturated heterocycles. The standard InChI is InChI=1S/C18H27NO3/c1-5-22-15-11-18(21,17(15,3)4)12-19-16(20)13(2)14-9-7-6-8-10-14/h6-10,13,15,21H,5,11-12H2,1-4H3,(H,19,20)/t13-,15+,18+/m0/s1. The zero-order chi connectivity index (χ0) is 16.4. The zero-order valence-corrected chi connectivity index (χ0v) is 13.9. The van der Waals surface area contributed by atoms with Crippen LogP contribution in [0.4, 0.5) is 0 Å². The molecule has 122 valence electrons. The maximum Gasteiger partial charge on any atom is 0.227 e. The van der Waals surface area contributed by atoms with E-state index in [1.807, 2.05) is 58.0 Å². The van der Waals surface area contributed by atoms with Gasteiger partial charge in [0.05, 0.1) is 17.6 Å². The Morgan fingerprint density at radius 2 is 2.05 bits per heavy atom. The highest BCUT2D eigenvalue weighted by atomic mass is 16.5. The van der Waals surface area contributed by atoms with Crippen molar-refractivity contribution >= 4 is 5.91 Å². The van der Waals surface area contributed by atoms with E-state index in [0.717, 1.165) is 5.56 Å². The quantitative estimate of drug-likeness (QED) is 0.849. The fourth-order valence-electron chi connectivity index (χ4n) is 3.04. The summed E-state index contributed by atoms with van der Waals surface area (Å²) >= 11 is 0. The number of ether oxygens (including phenoxy) is 1. The molecule has 0 heterocycles. The Balaban J connectivity index is 1.92. The van der Waals surface area contributed by atoms with Gasteiger partial charge in [0, 0.05) is 25.0 Å². The van der Waals surface area contributed by atoms with E-state index in [9.17, 15) is 9.90 Å². The first-order valence-electron chi connectivity index (χ1n) is 7.98. The summed E-state index contributed by atoms with van der Waals surface area (Å²) in [6.07, 6.45) is 0.611. The Labute approximate surface area is 132 Å². The number of carbonyl (C=O) groups excluding carboxylic acids is 1. The van der Waals surface area contributed by atoms with E-state index in [0.29, 0.717) is 13.0 Å². The lowest BCUT2D eigenvalue weighted by molar-refractivity contribution is -0.238. The number of benzene rings is 1. The molecule has 1 aliphatic carbocycles. The van der Waals surface area contributed by atoms with Crippen molar-refractivity contribution in [3.8, 4) is 0 Å². The lowest BCUT2D eigenvalue weighted by Crippen LogP contribution is -2.68. The number of hydrogen-bond acceptors (Lipinski definition) is 3. The zero-order valence-electron chi connectivity index (χ0n) is 13.9. The van der Waals surface area contributed by atoms with Gasteiger partial charge in [-0.25, -0.2) is 0 Å². The number of hydrogen-bond donors (Lipinski definition) is 2. The molecule has 2 rings (SSSR count). The van der Waals surface area contributed by atoms with Crippen molar-refractivity contribution in [3.63, 3.8) is 0 Å². The van der Waals surface area contributed by atoms with E-state index in [1.54, 1.807) is 0 Å². The minimum atomic E-state index is -0.904. The van der Waals surface area contributed by atoms with Crippen LogP contribution in [-0.4, -0.2) is 35.9 Å². The van der Waals surface area contributed by atoms with Crippen LogP contribution in [0.25, 0.3) is 0 Å². The van der Waals surface area contributed by atoms with Gasteiger partial charge in [0.25, 0.3) is 0 Å². The SMILES string of the molecule is CCO[C@@H]1C[C@@](O)(CNC(=O)[C@@H](C)c2ccccc2)C1(C)C. The van der Waals surface area contributed by atoms with E-state index < -0.39 is 5.60 Å². The number of carbonyl (C=O) groups is 1. The van der Waals surface area contributed by atoms with Crippen molar-refractivity contribution in [1.29, 1.82) is 0 Å². The van der Waals surface area contributed by atoms with Crippen molar-refractivity contribution in [1.82, 2.24) is 5.32 Å². The molecule has 3 atom stereocenters. The molecule has 22 heavy (non-hydrogen) atoms. The molecule has 0 radical (unpaired) electrons. The van der Waals surface area contributed by atoms with Gasteiger partial charge in [-0.3, -0.25) is 4.79 Å². The topological polar surface area (TPSA) is 58.6 Å². The molecule has 1 aromatic rings. The molecule has 1 aromatic carbocycles. The first-order chi connectivity index (χ1) is 10.3. The molecule has 1 fully saturated rings. The Morgan fingerprint density at radius 1 is 1.41 bits per heavy atom. The van der Waals surface area contributed by atoms with Gasteiger partial charge in [0.15, 0.2) is 0 Å². The summed E-state index contributed by atoms with van der Waals surface area (Å²) in [6.45, 7) is 8.72. The predicted octanol–water partition coefficient (Wildman–Crippen LogP) is 2.47. The lowest BCUT2D eigenvalue weighted by Gasteiger charge is -2.58. The summed E-state index contributed by atoms with van der Waals surface area (Å²) < 4.78 is 5.64. The second kappa shape index (κ2) is 6.39. The van der Waals surface area contributed by atoms with Crippen LogP contribution in [0.1, 0.15) is 45.6 Å². The fraction of sp³-hybridized carbons (Fsp3) is 0.611. The number of aliphatic hydroxyl groups is 1. The van der Waals surface area contributed by atoms with Crippen LogP contribution in [0.2, 0.25) is 0 Å². The van der Waals surface area contributed by atoms with Crippen molar-refractivity contribution in [2.75, 3.05) is 13.2 Å². The highest BCUT2D eigenvalue weighted by molar-refractivity contribution is 5.83. The highest BCUT2D eigenvalue weighted by Crippen LogP contribution is 2.50. The third kappa shape index (κ3) is 3.03. The molecule has 0 bridgehead atoms. The molecule has 4 heteroatoms. The van der Waals surface area contributed by atoms with Crippen LogP contribution in [0.15, 0.2) is 30.3 Å². The molecule has 1 saturated carbocycles. The summed E-state index contributed by atoms with van der Waals surface area (Å²) in [7, 11) is 0. The molecular weight excluding hydrogens is 278 g/mol. The largest absolute Gasteiger partial charge is 0.387 e. The summed E-state index contributed by atoms with van der Waals surface area (Å²) in [5.41, 5.74) is -0.280. The van der Waals surface area contributed by atoms with Gasteiger partial charge in [-0.15, -0.1) is 0 Å². The Hall–Kier alpha value is -1.39. The van der Waals surface area contributed by atoms with E-state index in [1.165, 1.54) is 0 Å². The van der Waals surface area contributed by atoms with Crippen LogP contribution >= 0.6 is 0 Å². The maximum absolute atomic E-state index is 12.3. The summed E-state index contributed by atoms with van der Waals surface area (Å²) in [5.74, 6) is -0.286. The first-order valence-corrected chi connectivity index (χ1v) is 7.98. The Morgan fingerprint density at radius 3 is 2.59 bits per heavy atom. The summed E-state index contributed by atoms with van der Waals surface area (Å²) in [5, 5.41) is 13.6. The van der Waals surface area contributed by atoms with Gasteiger partial charge in [-0.05, 0) is 19.4 Å². The minimum absolute atomic E-state index is 0.0472. The third-order valence-electron chi connectivity index (χ3n) is 5.14.